The van der Waals surface area contributed by atoms with E-state index in [1.165, 1.54) is 4.68 Å². The molecule has 0 aliphatic rings. The van der Waals surface area contributed by atoms with Crippen molar-refractivity contribution in [2.24, 2.45) is 0 Å². The molecule has 0 fully saturated rings. The maximum absolute atomic E-state index is 11.8. The number of aryl methyl sites for hydroxylation is 1. The second-order valence-corrected chi connectivity index (χ2v) is 9.18. The van der Waals surface area contributed by atoms with Crippen molar-refractivity contribution >= 4 is 31.3 Å². The monoisotopic (exact) mass is 338 g/mol. The predicted molar refractivity (Wildman–Crippen MR) is 82.9 cm³/mol. The molecule has 0 aliphatic heterocycles. The van der Waals surface area contributed by atoms with E-state index >= 15 is 0 Å². The Balaban J connectivity index is 3.12. The van der Waals surface area contributed by atoms with Crippen LogP contribution in [0, 0.1) is 0 Å². The molecule has 0 atom stereocenters. The van der Waals surface area contributed by atoms with Crippen LogP contribution in [0.1, 0.15) is 19.8 Å². The van der Waals surface area contributed by atoms with Crippen LogP contribution in [0.2, 0.25) is 0 Å². The zero-order chi connectivity index (χ0) is 16.3. The fourth-order valence-electron chi connectivity index (χ4n) is 1.75. The molecule has 21 heavy (non-hydrogen) atoms. The molecule has 8 nitrogen and oxygen atoms in total. The van der Waals surface area contributed by atoms with E-state index in [2.05, 4.69) is 10.4 Å². The van der Waals surface area contributed by atoms with Gasteiger partial charge < -0.3 is 11.1 Å². The lowest BCUT2D eigenvalue weighted by Gasteiger charge is -2.03. The fourth-order valence-corrected chi connectivity index (χ4v) is 3.20. The second-order valence-electron chi connectivity index (χ2n) is 4.97. The molecule has 122 valence electrons. The number of unbranched alkanes of at least 4 members (excludes halogenated alkanes) is 1. The number of nitrogens with two attached hydrogens (primary N) is 1. The van der Waals surface area contributed by atoms with Crippen molar-refractivity contribution in [1.29, 1.82) is 0 Å². The molecule has 1 heterocycles. The Morgan fingerprint density at radius 3 is 2.33 bits per heavy atom. The summed E-state index contributed by atoms with van der Waals surface area (Å²) in [5.41, 5.74) is 5.81. The third-order valence-corrected chi connectivity index (χ3v) is 4.88. The summed E-state index contributed by atoms with van der Waals surface area (Å²) in [7, 11) is -6.74. The molecule has 0 aliphatic carbocycles. The second kappa shape index (κ2) is 6.65. The quantitative estimate of drug-likeness (QED) is 0.645. The largest absolute Gasteiger partial charge is 0.383 e. The number of nitrogens with one attached hydrogen (secondary N) is 1. The third kappa shape index (κ3) is 5.20. The summed E-state index contributed by atoms with van der Waals surface area (Å²) in [5.74, 6) is -0.0201. The number of sulfone groups is 2. The van der Waals surface area contributed by atoms with Gasteiger partial charge in [-0.1, -0.05) is 13.3 Å². The topological polar surface area (TPSA) is 124 Å². The number of hydrogen-bond acceptors (Lipinski definition) is 7. The van der Waals surface area contributed by atoms with Gasteiger partial charge in [0.15, 0.2) is 20.6 Å². The van der Waals surface area contributed by atoms with E-state index in [1.807, 2.05) is 6.92 Å². The Labute approximate surface area is 125 Å². The van der Waals surface area contributed by atoms with Crippen LogP contribution in [0.25, 0.3) is 0 Å². The maximum Gasteiger partial charge on any atom is 0.182 e. The fraction of sp³-hybridized carbons (Fsp3) is 0.727. The molecule has 0 radical (unpaired) electrons. The smallest absolute Gasteiger partial charge is 0.182 e. The minimum absolute atomic E-state index is 0.0165. The highest BCUT2D eigenvalue weighted by Crippen LogP contribution is 2.27. The number of hydrogen-bond donors (Lipinski definition) is 2. The average Bonchev–Trinajstić information content (AvgIpc) is 2.62. The molecule has 1 rings (SSSR count). The molecular formula is C11H22N4O4S2. The molecule has 0 aromatic carbocycles. The van der Waals surface area contributed by atoms with Crippen molar-refractivity contribution in [3.05, 3.63) is 0 Å². The molecule has 3 N–H and O–H groups in total. The number of anilines is 2. The minimum Gasteiger partial charge on any atom is -0.383 e. The van der Waals surface area contributed by atoms with Gasteiger partial charge in [-0.3, -0.25) is 0 Å². The molecule has 0 unspecified atom stereocenters. The molecule has 1 aromatic heterocycles. The molecule has 0 spiro atoms. The zero-order valence-corrected chi connectivity index (χ0v) is 14.1. The van der Waals surface area contributed by atoms with Crippen molar-refractivity contribution in [3.63, 3.8) is 0 Å². The van der Waals surface area contributed by atoms with Crippen molar-refractivity contribution in [3.8, 4) is 0 Å². The summed E-state index contributed by atoms with van der Waals surface area (Å²) in [6.45, 7) is 2.60. The lowest BCUT2D eigenvalue weighted by molar-refractivity contribution is 0.588. The average molecular weight is 338 g/mol. The van der Waals surface area contributed by atoms with Gasteiger partial charge in [0.1, 0.15) is 15.7 Å². The van der Waals surface area contributed by atoms with Crippen LogP contribution in [-0.4, -0.2) is 51.4 Å². The number of rotatable bonds is 8. The zero-order valence-electron chi connectivity index (χ0n) is 12.5. The standard InChI is InChI=1S/C11H22N4O4S2/c1-4-5-6-13-11-9(21(3,18)19)10(12)15(14-11)7-8-20(2,16)17/h4-8,12H2,1-3H3,(H,13,14). The van der Waals surface area contributed by atoms with Gasteiger partial charge in [-0.25, -0.2) is 21.5 Å². The summed E-state index contributed by atoms with van der Waals surface area (Å²) >= 11 is 0. The SMILES string of the molecule is CCCCNc1nn(CCS(C)(=O)=O)c(N)c1S(C)(=O)=O. The minimum atomic E-state index is -3.55. The van der Waals surface area contributed by atoms with Crippen molar-refractivity contribution in [2.45, 2.75) is 31.2 Å². The first kappa shape index (κ1) is 17.8. The van der Waals surface area contributed by atoms with Crippen LogP contribution in [0.15, 0.2) is 4.90 Å². The molecule has 0 amide bonds. The molecule has 0 saturated heterocycles. The lowest BCUT2D eigenvalue weighted by Crippen LogP contribution is -2.14. The lowest BCUT2D eigenvalue weighted by atomic mass is 10.3. The van der Waals surface area contributed by atoms with E-state index in [-0.39, 0.29) is 28.8 Å². The van der Waals surface area contributed by atoms with E-state index in [1.54, 1.807) is 0 Å². The summed E-state index contributed by atoms with van der Waals surface area (Å²) in [5, 5.41) is 7.03. The van der Waals surface area contributed by atoms with Crippen molar-refractivity contribution < 1.29 is 16.8 Å². The predicted octanol–water partition coefficient (Wildman–Crippen LogP) is 0.125. The first-order valence-corrected chi connectivity index (χ1v) is 10.5. The van der Waals surface area contributed by atoms with Crippen LogP contribution in [0.3, 0.4) is 0 Å². The Morgan fingerprint density at radius 1 is 1.24 bits per heavy atom. The highest BCUT2D eigenvalue weighted by atomic mass is 32.2. The Hall–Kier alpha value is -1.29. The van der Waals surface area contributed by atoms with Gasteiger partial charge in [0.2, 0.25) is 0 Å². The summed E-state index contributed by atoms with van der Waals surface area (Å²) in [6, 6.07) is 0. The summed E-state index contributed by atoms with van der Waals surface area (Å²) in [4.78, 5) is -0.0768. The molecular weight excluding hydrogens is 316 g/mol. The molecule has 0 saturated carbocycles. The Bertz CT molecular complexity index is 692. The summed E-state index contributed by atoms with van der Waals surface area (Å²) < 4.78 is 47.3. The van der Waals surface area contributed by atoms with Gasteiger partial charge >= 0.3 is 0 Å². The first-order valence-electron chi connectivity index (χ1n) is 6.54. The van der Waals surface area contributed by atoms with Gasteiger partial charge in [-0.15, -0.1) is 0 Å². The van der Waals surface area contributed by atoms with Gasteiger partial charge in [-0.2, -0.15) is 5.10 Å². The van der Waals surface area contributed by atoms with Crippen LogP contribution < -0.4 is 11.1 Å². The third-order valence-electron chi connectivity index (χ3n) is 2.81. The van der Waals surface area contributed by atoms with E-state index < -0.39 is 19.7 Å². The Kier molecular flexibility index (Phi) is 5.62. The number of nitrogens with zero attached hydrogens (tertiary/aromatic N) is 2. The normalized spacial score (nSPS) is 12.5. The van der Waals surface area contributed by atoms with E-state index in [0.29, 0.717) is 6.54 Å². The van der Waals surface area contributed by atoms with Gasteiger partial charge in [0.05, 0.1) is 12.3 Å². The molecule has 10 heteroatoms. The van der Waals surface area contributed by atoms with Crippen LogP contribution in [-0.2, 0) is 26.2 Å². The van der Waals surface area contributed by atoms with Crippen molar-refractivity contribution in [2.75, 3.05) is 35.9 Å². The van der Waals surface area contributed by atoms with Crippen LogP contribution in [0.4, 0.5) is 11.6 Å². The van der Waals surface area contributed by atoms with Crippen LogP contribution in [0.5, 0.6) is 0 Å². The van der Waals surface area contributed by atoms with E-state index in [0.717, 1.165) is 25.4 Å². The summed E-state index contributed by atoms with van der Waals surface area (Å²) in [6.07, 6.45) is 3.96. The Morgan fingerprint density at radius 2 is 1.86 bits per heavy atom. The van der Waals surface area contributed by atoms with Gasteiger partial charge in [0.25, 0.3) is 0 Å². The van der Waals surface area contributed by atoms with E-state index in [4.69, 9.17) is 5.73 Å². The van der Waals surface area contributed by atoms with Crippen molar-refractivity contribution in [1.82, 2.24) is 9.78 Å². The molecule has 1 aromatic rings. The number of nitrogen functional groups attached to an aromatic ring is 1. The highest BCUT2D eigenvalue weighted by Gasteiger charge is 2.24. The maximum atomic E-state index is 11.8. The molecule has 0 bridgehead atoms. The van der Waals surface area contributed by atoms with Gasteiger partial charge in [-0.05, 0) is 6.42 Å². The van der Waals surface area contributed by atoms with Crippen LogP contribution >= 0.6 is 0 Å². The first-order chi connectivity index (χ1) is 9.56. The highest BCUT2D eigenvalue weighted by molar-refractivity contribution is 7.91. The number of aromatic nitrogens is 2. The van der Waals surface area contributed by atoms with Gasteiger partial charge in [0, 0.05) is 19.1 Å². The van der Waals surface area contributed by atoms with E-state index in [9.17, 15) is 16.8 Å².